The fraction of sp³-hybridized carbons (Fsp3) is 1.00. The van der Waals surface area contributed by atoms with Crippen molar-refractivity contribution >= 4 is 27.7 Å². The van der Waals surface area contributed by atoms with Crippen molar-refractivity contribution < 1.29 is 0 Å². The molecule has 0 saturated heterocycles. The van der Waals surface area contributed by atoms with E-state index < -0.39 is 0 Å². The van der Waals surface area contributed by atoms with Gasteiger partial charge in [-0.25, -0.2) is 0 Å². The minimum atomic E-state index is 0.894. The van der Waals surface area contributed by atoms with Gasteiger partial charge in [0.2, 0.25) is 0 Å². The molecule has 0 amide bonds. The van der Waals surface area contributed by atoms with Crippen molar-refractivity contribution in [2.45, 2.75) is 19.8 Å². The molecule has 0 spiro atoms. The zero-order valence-electron chi connectivity index (χ0n) is 6.19. The molecule has 0 aromatic carbocycles. The Balaban J connectivity index is 3.18. The first kappa shape index (κ1) is 9.83. The molecule has 9 heavy (non-hydrogen) atoms. The molecule has 0 bridgehead atoms. The van der Waals surface area contributed by atoms with E-state index in [1.165, 1.54) is 23.9 Å². The van der Waals surface area contributed by atoms with Crippen molar-refractivity contribution in [1.29, 1.82) is 0 Å². The van der Waals surface area contributed by atoms with Gasteiger partial charge in [-0.2, -0.15) is 11.8 Å². The standard InChI is InChI=1S/C7H15BrS/c1-3-4-7(5-8)6-9-2/h7H,3-6H2,1-2H3. The molecule has 0 fully saturated rings. The highest BCUT2D eigenvalue weighted by Gasteiger charge is 2.02. The number of alkyl halides is 1. The summed E-state index contributed by atoms with van der Waals surface area (Å²) in [6, 6.07) is 0. The molecule has 0 N–H and O–H groups in total. The van der Waals surface area contributed by atoms with Crippen molar-refractivity contribution in [3.8, 4) is 0 Å². The maximum absolute atomic E-state index is 3.50. The van der Waals surface area contributed by atoms with Gasteiger partial charge < -0.3 is 0 Å². The molecule has 1 atom stereocenters. The highest BCUT2D eigenvalue weighted by Crippen LogP contribution is 2.13. The molecule has 0 heterocycles. The molecule has 56 valence electrons. The highest BCUT2D eigenvalue weighted by molar-refractivity contribution is 9.09. The second kappa shape index (κ2) is 6.94. The third-order valence-electron chi connectivity index (χ3n) is 1.32. The van der Waals surface area contributed by atoms with Crippen LogP contribution in [-0.4, -0.2) is 17.3 Å². The lowest BCUT2D eigenvalue weighted by atomic mass is 10.1. The summed E-state index contributed by atoms with van der Waals surface area (Å²) in [6.45, 7) is 2.25. The molecule has 0 aliphatic carbocycles. The SMILES string of the molecule is CCCC(CBr)CSC. The highest BCUT2D eigenvalue weighted by atomic mass is 79.9. The fourth-order valence-corrected chi connectivity index (χ4v) is 2.46. The fourth-order valence-electron chi connectivity index (χ4n) is 0.849. The number of rotatable bonds is 5. The number of halogens is 1. The molecule has 0 aliphatic heterocycles. The largest absolute Gasteiger partial charge is 0.165 e. The Labute approximate surface area is 70.9 Å². The van der Waals surface area contributed by atoms with Crippen LogP contribution in [0.15, 0.2) is 0 Å². The zero-order chi connectivity index (χ0) is 7.11. The smallest absolute Gasteiger partial charge is 0.00675 e. The Kier molecular flexibility index (Phi) is 7.58. The van der Waals surface area contributed by atoms with E-state index in [9.17, 15) is 0 Å². The first-order valence-corrected chi connectivity index (χ1v) is 5.91. The second-order valence-corrected chi connectivity index (χ2v) is 3.82. The van der Waals surface area contributed by atoms with Crippen LogP contribution in [0.1, 0.15) is 19.8 Å². The molecule has 0 nitrogen and oxygen atoms in total. The van der Waals surface area contributed by atoms with Crippen LogP contribution in [0, 0.1) is 5.92 Å². The Morgan fingerprint density at radius 1 is 1.56 bits per heavy atom. The van der Waals surface area contributed by atoms with Crippen molar-refractivity contribution in [3.63, 3.8) is 0 Å². The van der Waals surface area contributed by atoms with Crippen LogP contribution in [-0.2, 0) is 0 Å². The van der Waals surface area contributed by atoms with Gasteiger partial charge in [-0.15, -0.1) is 0 Å². The molecular formula is C7H15BrS. The van der Waals surface area contributed by atoms with E-state index in [0.29, 0.717) is 0 Å². The number of hydrogen-bond acceptors (Lipinski definition) is 1. The lowest BCUT2D eigenvalue weighted by molar-refractivity contribution is 0.598. The van der Waals surface area contributed by atoms with Gasteiger partial charge in [0.05, 0.1) is 0 Å². The van der Waals surface area contributed by atoms with E-state index >= 15 is 0 Å². The summed E-state index contributed by atoms with van der Waals surface area (Å²) in [7, 11) is 0. The van der Waals surface area contributed by atoms with Crippen molar-refractivity contribution in [2.24, 2.45) is 5.92 Å². The third-order valence-corrected chi connectivity index (χ3v) is 3.04. The van der Waals surface area contributed by atoms with Crippen LogP contribution in [0.5, 0.6) is 0 Å². The summed E-state index contributed by atoms with van der Waals surface area (Å²) < 4.78 is 0. The molecule has 0 saturated carbocycles. The van der Waals surface area contributed by atoms with Crippen LogP contribution in [0.25, 0.3) is 0 Å². The van der Waals surface area contributed by atoms with E-state index in [-0.39, 0.29) is 0 Å². The Morgan fingerprint density at radius 3 is 2.56 bits per heavy atom. The van der Waals surface area contributed by atoms with Gasteiger partial charge in [-0.05, 0) is 24.3 Å². The molecule has 0 aromatic heterocycles. The van der Waals surface area contributed by atoms with Gasteiger partial charge in [0.1, 0.15) is 0 Å². The molecule has 0 aliphatic rings. The minimum absolute atomic E-state index is 0.894. The van der Waals surface area contributed by atoms with E-state index in [2.05, 4.69) is 29.1 Å². The first-order chi connectivity index (χ1) is 4.35. The maximum Gasteiger partial charge on any atom is 0.00675 e. The third kappa shape index (κ3) is 5.28. The van der Waals surface area contributed by atoms with Gasteiger partial charge in [-0.3, -0.25) is 0 Å². The molecular weight excluding hydrogens is 196 g/mol. The van der Waals surface area contributed by atoms with Crippen LogP contribution >= 0.6 is 27.7 Å². The van der Waals surface area contributed by atoms with Crippen molar-refractivity contribution in [3.05, 3.63) is 0 Å². The minimum Gasteiger partial charge on any atom is -0.165 e. The summed E-state index contributed by atoms with van der Waals surface area (Å²) in [6.07, 6.45) is 4.86. The lowest BCUT2D eigenvalue weighted by Gasteiger charge is -2.09. The van der Waals surface area contributed by atoms with Gasteiger partial charge in [0.15, 0.2) is 0 Å². The van der Waals surface area contributed by atoms with Crippen LogP contribution < -0.4 is 0 Å². The summed E-state index contributed by atoms with van der Waals surface area (Å²) in [5.41, 5.74) is 0. The predicted octanol–water partition coefficient (Wildman–Crippen LogP) is 3.16. The molecule has 0 aromatic rings. The van der Waals surface area contributed by atoms with Crippen LogP contribution in [0.2, 0.25) is 0 Å². The average Bonchev–Trinajstić information content (AvgIpc) is 1.88. The van der Waals surface area contributed by atoms with Crippen molar-refractivity contribution in [2.75, 3.05) is 17.3 Å². The Bertz CT molecular complexity index is 50.9. The van der Waals surface area contributed by atoms with E-state index in [0.717, 1.165) is 5.92 Å². The average molecular weight is 211 g/mol. The Hall–Kier alpha value is 0.830. The topological polar surface area (TPSA) is 0 Å². The summed E-state index contributed by atoms with van der Waals surface area (Å²) in [5.74, 6) is 2.20. The lowest BCUT2D eigenvalue weighted by Crippen LogP contribution is -2.03. The molecule has 0 radical (unpaired) electrons. The maximum atomic E-state index is 3.50. The van der Waals surface area contributed by atoms with Gasteiger partial charge in [-0.1, -0.05) is 29.3 Å². The van der Waals surface area contributed by atoms with E-state index in [4.69, 9.17) is 0 Å². The zero-order valence-corrected chi connectivity index (χ0v) is 8.59. The van der Waals surface area contributed by atoms with E-state index in [1.807, 2.05) is 11.8 Å². The first-order valence-electron chi connectivity index (χ1n) is 3.40. The van der Waals surface area contributed by atoms with Gasteiger partial charge >= 0.3 is 0 Å². The summed E-state index contributed by atoms with van der Waals surface area (Å²) in [5, 5.41) is 1.17. The number of hydrogen-bond donors (Lipinski definition) is 0. The summed E-state index contributed by atoms with van der Waals surface area (Å²) in [4.78, 5) is 0. The normalized spacial score (nSPS) is 13.7. The van der Waals surface area contributed by atoms with Crippen LogP contribution in [0.4, 0.5) is 0 Å². The number of thioether (sulfide) groups is 1. The molecule has 2 heteroatoms. The predicted molar refractivity (Wildman–Crippen MR) is 50.6 cm³/mol. The second-order valence-electron chi connectivity index (χ2n) is 2.26. The Morgan fingerprint density at radius 2 is 2.22 bits per heavy atom. The van der Waals surface area contributed by atoms with E-state index in [1.54, 1.807) is 0 Å². The monoisotopic (exact) mass is 210 g/mol. The molecule has 1 unspecified atom stereocenters. The van der Waals surface area contributed by atoms with Gasteiger partial charge in [0, 0.05) is 5.33 Å². The van der Waals surface area contributed by atoms with Crippen molar-refractivity contribution in [1.82, 2.24) is 0 Å². The summed E-state index contributed by atoms with van der Waals surface area (Å²) >= 11 is 5.45. The van der Waals surface area contributed by atoms with Crippen LogP contribution in [0.3, 0.4) is 0 Å². The van der Waals surface area contributed by atoms with Gasteiger partial charge in [0.25, 0.3) is 0 Å². The molecule has 0 rings (SSSR count). The quantitative estimate of drug-likeness (QED) is 0.629.